The smallest absolute Gasteiger partial charge is 0.369 e. The van der Waals surface area contributed by atoms with Crippen molar-refractivity contribution >= 4 is 29.1 Å². The molecule has 3 atom stereocenters. The Kier molecular flexibility index (Phi) is 8.44. The van der Waals surface area contributed by atoms with Gasteiger partial charge in [-0.2, -0.15) is 13.2 Å². The van der Waals surface area contributed by atoms with Gasteiger partial charge in [-0.05, 0) is 18.9 Å². The summed E-state index contributed by atoms with van der Waals surface area (Å²) in [6.07, 6.45) is -7.67. The van der Waals surface area contributed by atoms with Crippen molar-refractivity contribution in [1.29, 1.82) is 0 Å². The summed E-state index contributed by atoms with van der Waals surface area (Å²) in [5, 5.41) is 4.76. The summed E-state index contributed by atoms with van der Waals surface area (Å²) in [5.74, 6) is -6.10. The Labute approximate surface area is 205 Å². The molecule has 1 aliphatic heterocycles. The van der Waals surface area contributed by atoms with Crippen LogP contribution in [0.5, 0.6) is 0 Å². The minimum Gasteiger partial charge on any atom is -0.369 e. The van der Waals surface area contributed by atoms with Gasteiger partial charge < -0.3 is 16.4 Å². The Morgan fingerprint density at radius 1 is 1.08 bits per heavy atom. The van der Waals surface area contributed by atoms with Crippen molar-refractivity contribution in [3.63, 3.8) is 0 Å². The van der Waals surface area contributed by atoms with Gasteiger partial charge >= 0.3 is 6.18 Å². The number of nitrogens with two attached hydrogens (primary N) is 1. The zero-order chi connectivity index (χ0) is 26.5. The van der Waals surface area contributed by atoms with Gasteiger partial charge in [0.15, 0.2) is 0 Å². The maximum atomic E-state index is 14.6. The van der Waals surface area contributed by atoms with E-state index in [0.717, 1.165) is 6.07 Å². The average molecular weight is 507 g/mol. The molecule has 0 spiro atoms. The third-order valence-corrected chi connectivity index (χ3v) is 5.88. The van der Waals surface area contributed by atoms with Crippen molar-refractivity contribution in [2.45, 2.75) is 44.9 Å². The standard InChI is InChI=1S/C25H26F4N4O3/c1-2-7-15(21(30)34)16(12-13-25(27,28)29)23(35)33-22-24(36)32-20-17(10-6-11-18(20)26)19(31-22)14-8-4-3-5-9-14/h3-6,8-11,15-16,22H,2,7,12-13H2,1H3,(H2,30,34)(H,32,36)(H,33,35)/t15?,16?,22-/m1/s1. The van der Waals surface area contributed by atoms with Crippen LogP contribution in [0.3, 0.4) is 0 Å². The number of nitrogens with one attached hydrogen (secondary N) is 2. The number of carbonyl (C=O) groups is 3. The summed E-state index contributed by atoms with van der Waals surface area (Å²) < 4.78 is 53.5. The number of para-hydroxylation sites is 1. The number of hydrogen-bond donors (Lipinski definition) is 3. The van der Waals surface area contributed by atoms with Crippen LogP contribution in [0.1, 0.15) is 43.7 Å². The number of hydrogen-bond acceptors (Lipinski definition) is 4. The van der Waals surface area contributed by atoms with Crippen molar-refractivity contribution in [3.05, 3.63) is 65.5 Å². The van der Waals surface area contributed by atoms with Gasteiger partial charge in [0.25, 0.3) is 5.91 Å². The number of benzene rings is 2. The Hall–Kier alpha value is -3.76. The molecule has 0 radical (unpaired) electrons. The summed E-state index contributed by atoms with van der Waals surface area (Å²) in [6.45, 7) is 1.70. The molecule has 1 aliphatic rings. The average Bonchev–Trinajstić information content (AvgIpc) is 2.95. The molecule has 7 nitrogen and oxygen atoms in total. The number of halogens is 4. The van der Waals surface area contributed by atoms with Crippen molar-refractivity contribution in [2.75, 3.05) is 5.32 Å². The number of nitrogens with zero attached hydrogens (tertiary/aromatic N) is 1. The van der Waals surface area contributed by atoms with Gasteiger partial charge in [0.1, 0.15) is 5.82 Å². The van der Waals surface area contributed by atoms with E-state index < -0.39 is 60.6 Å². The highest BCUT2D eigenvalue weighted by Crippen LogP contribution is 2.30. The van der Waals surface area contributed by atoms with Crippen LogP contribution in [0.2, 0.25) is 0 Å². The minimum absolute atomic E-state index is 0.0946. The largest absolute Gasteiger partial charge is 0.389 e. The first-order chi connectivity index (χ1) is 17.0. The number of alkyl halides is 3. The van der Waals surface area contributed by atoms with Crippen LogP contribution in [0.4, 0.5) is 23.2 Å². The monoisotopic (exact) mass is 506 g/mol. The van der Waals surface area contributed by atoms with Gasteiger partial charge in [-0.15, -0.1) is 0 Å². The van der Waals surface area contributed by atoms with E-state index in [1.54, 1.807) is 43.3 Å². The number of carbonyl (C=O) groups excluding carboxylic acids is 3. The Bertz CT molecular complexity index is 1150. The Morgan fingerprint density at radius 2 is 1.78 bits per heavy atom. The van der Waals surface area contributed by atoms with Crippen LogP contribution in [-0.2, 0) is 14.4 Å². The van der Waals surface area contributed by atoms with Gasteiger partial charge in [-0.3, -0.25) is 14.4 Å². The lowest BCUT2D eigenvalue weighted by Crippen LogP contribution is -2.48. The van der Waals surface area contributed by atoms with E-state index >= 15 is 0 Å². The topological polar surface area (TPSA) is 114 Å². The van der Waals surface area contributed by atoms with Crippen LogP contribution in [0, 0.1) is 17.7 Å². The SMILES string of the molecule is CCCC(C(N)=O)C(CCC(F)(F)F)C(=O)N[C@H]1N=C(c2ccccc2)c2cccc(F)c2NC1=O. The van der Waals surface area contributed by atoms with Crippen LogP contribution in [0.25, 0.3) is 0 Å². The van der Waals surface area contributed by atoms with E-state index in [2.05, 4.69) is 15.6 Å². The summed E-state index contributed by atoms with van der Waals surface area (Å²) in [5.41, 5.74) is 6.25. The van der Waals surface area contributed by atoms with E-state index in [-0.39, 0.29) is 23.4 Å². The quantitative estimate of drug-likeness (QED) is 0.448. The number of benzodiazepines with no additional fused rings is 1. The lowest BCUT2D eigenvalue weighted by molar-refractivity contribution is -0.146. The molecule has 11 heteroatoms. The third-order valence-electron chi connectivity index (χ3n) is 5.88. The highest BCUT2D eigenvalue weighted by Gasteiger charge is 2.38. The van der Waals surface area contributed by atoms with E-state index in [4.69, 9.17) is 5.73 Å². The maximum absolute atomic E-state index is 14.6. The van der Waals surface area contributed by atoms with Crippen molar-refractivity contribution < 1.29 is 31.9 Å². The minimum atomic E-state index is -4.57. The number of amides is 3. The maximum Gasteiger partial charge on any atom is 0.389 e. The summed E-state index contributed by atoms with van der Waals surface area (Å²) >= 11 is 0. The second kappa shape index (κ2) is 11.3. The van der Waals surface area contributed by atoms with Crippen molar-refractivity contribution in [1.82, 2.24) is 5.32 Å². The van der Waals surface area contributed by atoms with Gasteiger partial charge in [-0.25, -0.2) is 9.38 Å². The van der Waals surface area contributed by atoms with Gasteiger partial charge in [0.2, 0.25) is 18.0 Å². The zero-order valence-corrected chi connectivity index (χ0v) is 19.4. The molecule has 2 unspecified atom stereocenters. The summed E-state index contributed by atoms with van der Waals surface area (Å²) in [4.78, 5) is 42.5. The highest BCUT2D eigenvalue weighted by atomic mass is 19.4. The van der Waals surface area contributed by atoms with E-state index in [1.165, 1.54) is 6.07 Å². The zero-order valence-electron chi connectivity index (χ0n) is 19.4. The van der Waals surface area contributed by atoms with Gasteiger partial charge in [0, 0.05) is 29.4 Å². The molecule has 3 rings (SSSR count). The lowest BCUT2D eigenvalue weighted by atomic mass is 9.83. The number of fused-ring (bicyclic) bond motifs is 1. The highest BCUT2D eigenvalue weighted by molar-refractivity contribution is 6.20. The molecule has 0 bridgehead atoms. The van der Waals surface area contributed by atoms with Gasteiger partial charge in [-0.1, -0.05) is 55.8 Å². The summed E-state index contributed by atoms with van der Waals surface area (Å²) in [7, 11) is 0. The third kappa shape index (κ3) is 6.46. The van der Waals surface area contributed by atoms with E-state index in [1.807, 2.05) is 0 Å². The van der Waals surface area contributed by atoms with Crippen molar-refractivity contribution in [3.8, 4) is 0 Å². The molecule has 2 aromatic carbocycles. The molecule has 0 saturated carbocycles. The van der Waals surface area contributed by atoms with Crippen molar-refractivity contribution in [2.24, 2.45) is 22.6 Å². The molecule has 3 amide bonds. The van der Waals surface area contributed by atoms with E-state index in [0.29, 0.717) is 12.0 Å². The second-order valence-corrected chi connectivity index (χ2v) is 8.46. The second-order valence-electron chi connectivity index (χ2n) is 8.46. The fraction of sp³-hybridized carbons (Fsp3) is 0.360. The van der Waals surface area contributed by atoms with Crippen LogP contribution in [-0.4, -0.2) is 35.8 Å². The first-order valence-electron chi connectivity index (χ1n) is 11.4. The first kappa shape index (κ1) is 26.8. The molecule has 192 valence electrons. The number of primary amides is 1. The lowest BCUT2D eigenvalue weighted by Gasteiger charge is -2.25. The molecular formula is C25H26F4N4O3. The molecule has 2 aromatic rings. The molecule has 0 fully saturated rings. The Balaban J connectivity index is 1.99. The Morgan fingerprint density at radius 3 is 2.39 bits per heavy atom. The normalized spacial score (nSPS) is 17.2. The molecule has 0 saturated heterocycles. The molecule has 36 heavy (non-hydrogen) atoms. The predicted molar refractivity (Wildman–Crippen MR) is 125 cm³/mol. The number of aliphatic imine (C=N–C) groups is 1. The molecule has 1 heterocycles. The molecule has 0 aromatic heterocycles. The van der Waals surface area contributed by atoms with Crippen LogP contribution in [0.15, 0.2) is 53.5 Å². The number of rotatable bonds is 9. The van der Waals surface area contributed by atoms with Crippen LogP contribution < -0.4 is 16.4 Å². The van der Waals surface area contributed by atoms with E-state index in [9.17, 15) is 31.9 Å². The fourth-order valence-corrected chi connectivity index (χ4v) is 4.15. The molecule has 0 aliphatic carbocycles. The first-order valence-corrected chi connectivity index (χ1v) is 11.4. The molecule has 4 N–H and O–H groups in total. The fourth-order valence-electron chi connectivity index (χ4n) is 4.15. The summed E-state index contributed by atoms with van der Waals surface area (Å²) in [6, 6.07) is 12.7. The predicted octanol–water partition coefficient (Wildman–Crippen LogP) is 3.92. The van der Waals surface area contributed by atoms with Crippen LogP contribution >= 0.6 is 0 Å². The number of anilines is 1. The molecular weight excluding hydrogens is 480 g/mol. The van der Waals surface area contributed by atoms with Gasteiger partial charge in [0.05, 0.1) is 11.4 Å².